The maximum atomic E-state index is 13.3. The second kappa shape index (κ2) is 8.41. The Balaban J connectivity index is 2.43. The molecule has 1 aliphatic heterocycles. The van der Waals surface area contributed by atoms with Crippen molar-refractivity contribution in [2.24, 2.45) is 5.41 Å². The normalized spacial score (nSPS) is 19.8. The third kappa shape index (κ3) is 4.11. The first kappa shape index (κ1) is 20.0. The number of methoxy groups -OCH3 is 1. The number of terminal acetylenes is 1. The summed E-state index contributed by atoms with van der Waals surface area (Å²) in [7, 11) is 1.51. The van der Waals surface area contributed by atoms with E-state index in [9.17, 15) is 19.5 Å². The van der Waals surface area contributed by atoms with Crippen LogP contribution in [-0.4, -0.2) is 59.6 Å². The molecule has 1 atom stereocenters. The molecular formula is C20H22N2O5. The Morgan fingerprint density at radius 2 is 2.04 bits per heavy atom. The van der Waals surface area contributed by atoms with Gasteiger partial charge >= 0.3 is 6.09 Å². The van der Waals surface area contributed by atoms with Crippen LogP contribution in [0, 0.1) is 17.8 Å². The zero-order valence-electron chi connectivity index (χ0n) is 15.2. The smallest absolute Gasteiger partial charge is 0.407 e. The molecule has 0 bridgehead atoms. The van der Waals surface area contributed by atoms with Crippen LogP contribution < -0.4 is 4.74 Å². The zero-order valence-corrected chi connectivity index (χ0v) is 15.2. The second-order valence-corrected chi connectivity index (χ2v) is 6.35. The van der Waals surface area contributed by atoms with Crippen molar-refractivity contribution in [2.45, 2.75) is 12.8 Å². The molecule has 1 N–H and O–H groups in total. The van der Waals surface area contributed by atoms with E-state index in [-0.39, 0.29) is 32.5 Å². The Hall–Kier alpha value is -3.27. The lowest BCUT2D eigenvalue weighted by atomic mass is 9.79. The number of carbonyl (C=O) groups is 3. The number of carboxylic acid groups (broad SMARTS) is 1. The highest BCUT2D eigenvalue weighted by Gasteiger charge is 2.46. The Kier molecular flexibility index (Phi) is 6.24. The van der Waals surface area contributed by atoms with Gasteiger partial charge in [0.1, 0.15) is 5.75 Å². The second-order valence-electron chi connectivity index (χ2n) is 6.35. The van der Waals surface area contributed by atoms with Crippen molar-refractivity contribution >= 4 is 17.9 Å². The number of hydrogen-bond acceptors (Lipinski definition) is 4. The predicted molar refractivity (Wildman–Crippen MR) is 99.3 cm³/mol. The van der Waals surface area contributed by atoms with Gasteiger partial charge in [0, 0.05) is 31.6 Å². The van der Waals surface area contributed by atoms with E-state index in [1.165, 1.54) is 13.2 Å². The molecule has 1 aromatic rings. The number of imide groups is 1. The lowest BCUT2D eigenvalue weighted by Gasteiger charge is -2.33. The minimum Gasteiger partial charge on any atom is -0.497 e. The summed E-state index contributed by atoms with van der Waals surface area (Å²) in [4.78, 5) is 40.0. The summed E-state index contributed by atoms with van der Waals surface area (Å²) >= 11 is 0. The van der Waals surface area contributed by atoms with E-state index >= 15 is 0 Å². The molecule has 1 aromatic carbocycles. The van der Waals surface area contributed by atoms with E-state index in [0.717, 1.165) is 9.80 Å². The fourth-order valence-electron chi connectivity index (χ4n) is 3.19. The number of nitrogens with zero attached hydrogens (tertiary/aromatic N) is 2. The van der Waals surface area contributed by atoms with Gasteiger partial charge in [-0.1, -0.05) is 6.08 Å². The fourth-order valence-corrected chi connectivity index (χ4v) is 3.19. The fraction of sp³-hybridized carbons (Fsp3) is 0.350. The minimum absolute atomic E-state index is 0.00796. The monoisotopic (exact) mass is 370 g/mol. The van der Waals surface area contributed by atoms with Crippen molar-refractivity contribution in [3.63, 3.8) is 0 Å². The van der Waals surface area contributed by atoms with Gasteiger partial charge in [-0.3, -0.25) is 14.5 Å². The molecule has 1 fully saturated rings. The number of rotatable bonds is 5. The molecule has 7 nitrogen and oxygen atoms in total. The number of ether oxygens (including phenoxy) is 1. The van der Waals surface area contributed by atoms with E-state index in [2.05, 4.69) is 12.5 Å². The van der Waals surface area contributed by atoms with Crippen LogP contribution in [0.2, 0.25) is 0 Å². The number of amides is 3. The lowest BCUT2D eigenvalue weighted by molar-refractivity contribution is -0.138. The molecule has 2 rings (SSSR count). The van der Waals surface area contributed by atoms with Gasteiger partial charge in [0.05, 0.1) is 12.5 Å². The molecule has 3 amide bonds. The third-order valence-electron chi connectivity index (χ3n) is 4.61. The van der Waals surface area contributed by atoms with Crippen LogP contribution in [0.4, 0.5) is 4.79 Å². The summed E-state index contributed by atoms with van der Waals surface area (Å²) in [5, 5.41) is 9.44. The first-order valence-corrected chi connectivity index (χ1v) is 8.41. The molecule has 27 heavy (non-hydrogen) atoms. The molecule has 0 aliphatic carbocycles. The highest BCUT2D eigenvalue weighted by molar-refractivity contribution is 6.06. The molecule has 1 saturated heterocycles. The van der Waals surface area contributed by atoms with Crippen LogP contribution in [0.1, 0.15) is 23.2 Å². The number of carbonyl (C=O) groups excluding carboxylic acids is 2. The molecule has 1 aliphatic rings. The van der Waals surface area contributed by atoms with Crippen molar-refractivity contribution < 1.29 is 24.2 Å². The SMILES string of the molecule is C#CC[C@@]1(CC=C)CN(C(=O)O)CCN(C(=O)c2ccc(OC)cc2)C1=O. The average Bonchev–Trinajstić information content (AvgIpc) is 2.80. The standard InChI is InChI=1S/C20H22N2O5/c1-4-10-20(11-5-2)14-21(19(25)26)12-13-22(18(20)24)17(23)15-6-8-16(27-3)9-7-15/h1,5-9H,2,10-14H2,3H3,(H,25,26)/t20-/m1/s1. The summed E-state index contributed by atoms with van der Waals surface area (Å²) in [6.45, 7) is 3.56. The molecular weight excluding hydrogens is 348 g/mol. The Labute approximate surface area is 158 Å². The van der Waals surface area contributed by atoms with Crippen LogP contribution in [-0.2, 0) is 4.79 Å². The molecule has 142 valence electrons. The van der Waals surface area contributed by atoms with Crippen LogP contribution in [0.25, 0.3) is 0 Å². The topological polar surface area (TPSA) is 87.2 Å². The quantitative estimate of drug-likeness (QED) is 0.488. The summed E-state index contributed by atoms with van der Waals surface area (Å²) in [5.74, 6) is 2.05. The van der Waals surface area contributed by atoms with Crippen LogP contribution in [0.3, 0.4) is 0 Å². The van der Waals surface area contributed by atoms with Gasteiger partial charge < -0.3 is 14.7 Å². The highest BCUT2D eigenvalue weighted by Crippen LogP contribution is 2.33. The van der Waals surface area contributed by atoms with E-state index in [0.29, 0.717) is 11.3 Å². The van der Waals surface area contributed by atoms with E-state index in [1.807, 2.05) is 0 Å². The van der Waals surface area contributed by atoms with Crippen molar-refractivity contribution in [1.82, 2.24) is 9.80 Å². The van der Waals surface area contributed by atoms with Crippen molar-refractivity contribution in [3.8, 4) is 18.1 Å². The molecule has 0 aromatic heterocycles. The molecule has 1 heterocycles. The lowest BCUT2D eigenvalue weighted by Crippen LogP contribution is -2.48. The molecule has 7 heteroatoms. The Morgan fingerprint density at radius 3 is 2.56 bits per heavy atom. The maximum Gasteiger partial charge on any atom is 0.407 e. The summed E-state index contributed by atoms with van der Waals surface area (Å²) in [6.07, 6.45) is 6.00. The van der Waals surface area contributed by atoms with Crippen molar-refractivity contribution in [2.75, 3.05) is 26.7 Å². The largest absolute Gasteiger partial charge is 0.497 e. The Bertz CT molecular complexity index is 781. The zero-order chi connectivity index (χ0) is 20.0. The van der Waals surface area contributed by atoms with Gasteiger partial charge in [-0.2, -0.15) is 0 Å². The first-order chi connectivity index (χ1) is 12.9. The Morgan fingerprint density at radius 1 is 1.37 bits per heavy atom. The summed E-state index contributed by atoms with van der Waals surface area (Å²) in [6, 6.07) is 6.37. The predicted octanol–water partition coefficient (Wildman–Crippen LogP) is 2.24. The first-order valence-electron chi connectivity index (χ1n) is 8.41. The number of benzene rings is 1. The van der Waals surface area contributed by atoms with Gasteiger partial charge in [-0.15, -0.1) is 18.9 Å². The molecule has 0 unspecified atom stereocenters. The summed E-state index contributed by atoms with van der Waals surface area (Å²) < 4.78 is 5.08. The van der Waals surface area contributed by atoms with Crippen molar-refractivity contribution in [1.29, 1.82) is 0 Å². The van der Waals surface area contributed by atoms with Gasteiger partial charge in [-0.25, -0.2) is 4.79 Å². The van der Waals surface area contributed by atoms with Gasteiger partial charge in [0.15, 0.2) is 0 Å². The van der Waals surface area contributed by atoms with Gasteiger partial charge in [-0.05, 0) is 30.7 Å². The summed E-state index contributed by atoms with van der Waals surface area (Å²) in [5.41, 5.74) is -0.908. The van der Waals surface area contributed by atoms with Crippen LogP contribution in [0.15, 0.2) is 36.9 Å². The third-order valence-corrected chi connectivity index (χ3v) is 4.61. The minimum atomic E-state index is -1.21. The van der Waals surface area contributed by atoms with Crippen LogP contribution in [0.5, 0.6) is 5.75 Å². The van der Waals surface area contributed by atoms with E-state index in [1.54, 1.807) is 24.3 Å². The van der Waals surface area contributed by atoms with Gasteiger partial charge in [0.25, 0.3) is 5.91 Å². The molecule has 0 radical (unpaired) electrons. The van der Waals surface area contributed by atoms with Crippen molar-refractivity contribution in [3.05, 3.63) is 42.5 Å². The maximum absolute atomic E-state index is 13.3. The highest BCUT2D eigenvalue weighted by atomic mass is 16.5. The van der Waals surface area contributed by atoms with Crippen LogP contribution >= 0.6 is 0 Å². The molecule has 0 saturated carbocycles. The van der Waals surface area contributed by atoms with E-state index < -0.39 is 23.3 Å². The average molecular weight is 370 g/mol. The molecule has 0 spiro atoms. The number of allylic oxidation sites excluding steroid dienone is 1. The van der Waals surface area contributed by atoms with Gasteiger partial charge in [0.2, 0.25) is 5.91 Å². The van der Waals surface area contributed by atoms with E-state index in [4.69, 9.17) is 11.2 Å². The number of hydrogen-bond donors (Lipinski definition) is 1.